The lowest BCUT2D eigenvalue weighted by Gasteiger charge is -2.30. The van der Waals surface area contributed by atoms with Crippen molar-refractivity contribution >= 4 is 28.0 Å². The van der Waals surface area contributed by atoms with Gasteiger partial charge in [0.2, 0.25) is 0 Å². The number of anilines is 2. The van der Waals surface area contributed by atoms with E-state index in [2.05, 4.69) is 15.2 Å². The molecule has 0 spiro atoms. The van der Waals surface area contributed by atoms with E-state index in [1.54, 1.807) is 26.3 Å². The van der Waals surface area contributed by atoms with Gasteiger partial charge < -0.3 is 19.7 Å². The van der Waals surface area contributed by atoms with Crippen molar-refractivity contribution in [3.8, 4) is 5.75 Å². The number of nitrogens with zero attached hydrogens (tertiary/aromatic N) is 3. The van der Waals surface area contributed by atoms with Gasteiger partial charge >= 0.3 is 6.18 Å². The summed E-state index contributed by atoms with van der Waals surface area (Å²) in [6, 6.07) is 7.42. The standard InChI is InChI=1S/C23H23F3N4O4/c1-14(15-9-16(23(24,25)26)11-17(10-15)30(31)32)28-19-3-4-27-20-13-22(33-2)21(12-18(19)20)29-5-7-34-8-6-29/h3-4,9-14H,5-8H2,1-2H3,(H,27,28). The fourth-order valence-corrected chi connectivity index (χ4v) is 3.97. The second-order valence-corrected chi connectivity index (χ2v) is 7.93. The highest BCUT2D eigenvalue weighted by Gasteiger charge is 2.33. The maximum atomic E-state index is 13.3. The monoisotopic (exact) mass is 476 g/mol. The number of hydrogen-bond donors (Lipinski definition) is 1. The first kappa shape index (κ1) is 23.6. The number of methoxy groups -OCH3 is 1. The van der Waals surface area contributed by atoms with Crippen LogP contribution in [0.3, 0.4) is 0 Å². The molecule has 1 atom stereocenters. The van der Waals surface area contributed by atoms with Crippen molar-refractivity contribution in [2.45, 2.75) is 19.1 Å². The molecule has 1 aliphatic rings. The van der Waals surface area contributed by atoms with E-state index in [9.17, 15) is 23.3 Å². The Balaban J connectivity index is 1.73. The number of nitro groups is 1. The first-order chi connectivity index (χ1) is 16.2. The molecule has 2 heterocycles. The third-order valence-electron chi connectivity index (χ3n) is 5.74. The van der Waals surface area contributed by atoms with E-state index in [1.807, 2.05) is 12.1 Å². The predicted octanol–water partition coefficient (Wildman–Crippen LogP) is 5.18. The molecule has 0 bridgehead atoms. The Morgan fingerprint density at radius 2 is 1.94 bits per heavy atom. The molecule has 0 saturated carbocycles. The zero-order valence-electron chi connectivity index (χ0n) is 18.6. The Morgan fingerprint density at radius 3 is 2.59 bits per heavy atom. The average molecular weight is 476 g/mol. The number of alkyl halides is 3. The van der Waals surface area contributed by atoms with E-state index in [0.717, 1.165) is 23.2 Å². The maximum absolute atomic E-state index is 13.3. The predicted molar refractivity (Wildman–Crippen MR) is 121 cm³/mol. The Morgan fingerprint density at radius 1 is 1.21 bits per heavy atom. The SMILES string of the molecule is COc1cc2nccc(NC(C)c3cc([N+](=O)[O-])cc(C(F)(F)F)c3)c2cc1N1CCOCC1. The van der Waals surface area contributed by atoms with Gasteiger partial charge in [0.15, 0.2) is 0 Å². The molecule has 4 rings (SSSR count). The van der Waals surface area contributed by atoms with Gasteiger partial charge in [0.25, 0.3) is 5.69 Å². The summed E-state index contributed by atoms with van der Waals surface area (Å²) in [6.07, 6.45) is -3.12. The first-order valence-electron chi connectivity index (χ1n) is 10.6. The average Bonchev–Trinajstić information content (AvgIpc) is 2.83. The van der Waals surface area contributed by atoms with Crippen LogP contribution >= 0.6 is 0 Å². The summed E-state index contributed by atoms with van der Waals surface area (Å²) >= 11 is 0. The van der Waals surface area contributed by atoms with E-state index in [4.69, 9.17) is 9.47 Å². The molecule has 11 heteroatoms. The van der Waals surface area contributed by atoms with Crippen molar-refractivity contribution in [2.24, 2.45) is 0 Å². The molecule has 180 valence electrons. The van der Waals surface area contributed by atoms with E-state index in [1.165, 1.54) is 0 Å². The molecule has 1 N–H and O–H groups in total. The Bertz CT molecular complexity index is 1210. The minimum Gasteiger partial charge on any atom is -0.495 e. The molecule has 1 aliphatic heterocycles. The van der Waals surface area contributed by atoms with Crippen LogP contribution in [0.25, 0.3) is 10.9 Å². The fraction of sp³-hybridized carbons (Fsp3) is 0.348. The Kier molecular flexibility index (Phi) is 6.47. The lowest BCUT2D eigenvalue weighted by molar-refractivity contribution is -0.385. The minimum atomic E-state index is -4.70. The highest BCUT2D eigenvalue weighted by Crippen LogP contribution is 2.38. The van der Waals surface area contributed by atoms with Gasteiger partial charge in [-0.3, -0.25) is 15.1 Å². The van der Waals surface area contributed by atoms with Gasteiger partial charge in [0.1, 0.15) is 5.75 Å². The normalized spacial score (nSPS) is 15.3. The number of aromatic nitrogens is 1. The molecule has 1 aromatic heterocycles. The summed E-state index contributed by atoms with van der Waals surface area (Å²) in [6.45, 7) is 4.21. The van der Waals surface area contributed by atoms with E-state index in [0.29, 0.717) is 49.3 Å². The van der Waals surface area contributed by atoms with Gasteiger partial charge in [-0.05, 0) is 30.7 Å². The van der Waals surface area contributed by atoms with Crippen LogP contribution in [-0.2, 0) is 10.9 Å². The minimum absolute atomic E-state index is 0.147. The number of rotatable bonds is 6. The lowest BCUT2D eigenvalue weighted by atomic mass is 10.0. The summed E-state index contributed by atoms with van der Waals surface area (Å²) in [4.78, 5) is 16.9. The number of nitro benzene ring substituents is 1. The summed E-state index contributed by atoms with van der Waals surface area (Å²) in [5.74, 6) is 0.653. The van der Waals surface area contributed by atoms with Crippen molar-refractivity contribution in [3.63, 3.8) is 0 Å². The Hall–Kier alpha value is -3.60. The van der Waals surface area contributed by atoms with Crippen LogP contribution in [0.2, 0.25) is 0 Å². The van der Waals surface area contributed by atoms with Crippen LogP contribution < -0.4 is 15.0 Å². The van der Waals surface area contributed by atoms with Crippen LogP contribution in [0.4, 0.5) is 30.2 Å². The van der Waals surface area contributed by atoms with Crippen molar-refractivity contribution in [1.82, 2.24) is 4.98 Å². The number of nitrogens with one attached hydrogen (secondary N) is 1. The highest BCUT2D eigenvalue weighted by atomic mass is 19.4. The molecule has 3 aromatic rings. The van der Waals surface area contributed by atoms with E-state index in [-0.39, 0.29) is 5.56 Å². The van der Waals surface area contributed by atoms with Gasteiger partial charge in [-0.1, -0.05) is 0 Å². The third-order valence-corrected chi connectivity index (χ3v) is 5.74. The Labute approximate surface area is 193 Å². The molecule has 8 nitrogen and oxygen atoms in total. The van der Waals surface area contributed by atoms with Crippen molar-refractivity contribution in [1.29, 1.82) is 0 Å². The number of fused-ring (bicyclic) bond motifs is 1. The second kappa shape index (κ2) is 9.34. The number of halogens is 3. The molecule has 1 saturated heterocycles. The fourth-order valence-electron chi connectivity index (χ4n) is 3.97. The number of hydrogen-bond acceptors (Lipinski definition) is 7. The van der Waals surface area contributed by atoms with Crippen molar-refractivity contribution < 1.29 is 27.6 Å². The zero-order valence-corrected chi connectivity index (χ0v) is 18.6. The molecule has 2 aromatic carbocycles. The molecule has 0 aliphatic carbocycles. The van der Waals surface area contributed by atoms with Crippen molar-refractivity contribution in [3.05, 3.63) is 63.8 Å². The van der Waals surface area contributed by atoms with Gasteiger partial charge in [-0.2, -0.15) is 13.2 Å². The van der Waals surface area contributed by atoms with Gasteiger partial charge in [-0.15, -0.1) is 0 Å². The van der Waals surface area contributed by atoms with E-state index < -0.39 is 28.4 Å². The second-order valence-electron chi connectivity index (χ2n) is 7.93. The molecule has 1 fully saturated rings. The lowest BCUT2D eigenvalue weighted by Crippen LogP contribution is -2.36. The smallest absolute Gasteiger partial charge is 0.416 e. The topological polar surface area (TPSA) is 89.8 Å². The molecular weight excluding hydrogens is 453 g/mol. The van der Waals surface area contributed by atoms with Gasteiger partial charge in [-0.25, -0.2) is 0 Å². The number of pyridine rings is 1. The van der Waals surface area contributed by atoms with Crippen LogP contribution in [0.1, 0.15) is 24.1 Å². The van der Waals surface area contributed by atoms with Gasteiger partial charge in [0, 0.05) is 54.6 Å². The first-order valence-corrected chi connectivity index (χ1v) is 10.6. The largest absolute Gasteiger partial charge is 0.495 e. The summed E-state index contributed by atoms with van der Waals surface area (Å²) < 4.78 is 51.0. The summed E-state index contributed by atoms with van der Waals surface area (Å²) in [7, 11) is 1.58. The number of morpholine rings is 1. The molecule has 1 unspecified atom stereocenters. The molecular formula is C23H23F3N4O4. The van der Waals surface area contributed by atoms with E-state index >= 15 is 0 Å². The van der Waals surface area contributed by atoms with Crippen LogP contribution in [-0.4, -0.2) is 43.3 Å². The summed E-state index contributed by atoms with van der Waals surface area (Å²) in [5.41, 5.74) is 0.600. The maximum Gasteiger partial charge on any atom is 0.416 e. The van der Waals surface area contributed by atoms with Gasteiger partial charge in [0.05, 0.1) is 42.0 Å². The van der Waals surface area contributed by atoms with Crippen LogP contribution in [0.5, 0.6) is 5.75 Å². The molecule has 0 radical (unpaired) electrons. The summed E-state index contributed by atoms with van der Waals surface area (Å²) in [5, 5.41) is 15.2. The molecule has 34 heavy (non-hydrogen) atoms. The quantitative estimate of drug-likeness (QED) is 0.387. The third kappa shape index (κ3) is 4.84. The highest BCUT2D eigenvalue weighted by molar-refractivity contribution is 5.95. The number of non-ortho nitro benzene ring substituents is 1. The van der Waals surface area contributed by atoms with Crippen LogP contribution in [0, 0.1) is 10.1 Å². The molecule has 0 amide bonds. The number of ether oxygens (including phenoxy) is 2. The van der Waals surface area contributed by atoms with Crippen LogP contribution in [0.15, 0.2) is 42.6 Å². The van der Waals surface area contributed by atoms with Crippen molar-refractivity contribution in [2.75, 3.05) is 43.6 Å². The number of benzene rings is 2. The zero-order chi connectivity index (χ0) is 24.5.